The summed E-state index contributed by atoms with van der Waals surface area (Å²) in [6.07, 6.45) is 6.74. The van der Waals surface area contributed by atoms with E-state index in [2.05, 4.69) is 78.3 Å². The molecule has 7 heteroatoms. The van der Waals surface area contributed by atoms with Crippen LogP contribution in [0.1, 0.15) is 37.0 Å². The number of fused-ring (bicyclic) bond motifs is 1. The monoisotopic (exact) mass is 489 g/mol. The summed E-state index contributed by atoms with van der Waals surface area (Å²) in [4.78, 5) is 29.4. The van der Waals surface area contributed by atoms with Gasteiger partial charge in [-0.1, -0.05) is 62.4 Å². The van der Waals surface area contributed by atoms with Crippen molar-refractivity contribution >= 4 is 29.0 Å². The average molecular weight is 490 g/mol. The summed E-state index contributed by atoms with van der Waals surface area (Å²) in [5.74, 6) is -1.37. The van der Waals surface area contributed by atoms with E-state index in [1.807, 2.05) is 0 Å². The lowest BCUT2D eigenvalue weighted by Crippen LogP contribution is -2.49. The van der Waals surface area contributed by atoms with Crippen LogP contribution in [-0.2, 0) is 22.4 Å². The van der Waals surface area contributed by atoms with Crippen LogP contribution in [0.4, 0.5) is 5.69 Å². The quantitative estimate of drug-likeness (QED) is 0.574. The van der Waals surface area contributed by atoms with Gasteiger partial charge in [0.1, 0.15) is 5.84 Å². The van der Waals surface area contributed by atoms with Crippen molar-refractivity contribution in [3.05, 3.63) is 83.4 Å². The zero-order valence-electron chi connectivity index (χ0n) is 21.1. The Morgan fingerprint density at radius 2 is 1.61 bits per heavy atom. The van der Waals surface area contributed by atoms with Gasteiger partial charge in [0, 0.05) is 43.9 Å². The van der Waals surface area contributed by atoms with E-state index in [0.29, 0.717) is 12.2 Å². The van der Waals surface area contributed by atoms with Crippen LogP contribution in [0.2, 0.25) is 0 Å². The Hall–Kier alpha value is -3.71. The number of nitrogens with zero attached hydrogens (tertiary/aromatic N) is 3. The van der Waals surface area contributed by atoms with Crippen molar-refractivity contribution in [1.82, 2.24) is 9.80 Å². The van der Waals surface area contributed by atoms with Crippen molar-refractivity contribution in [2.75, 3.05) is 32.7 Å². The van der Waals surface area contributed by atoms with Gasteiger partial charge in [-0.2, -0.15) is 0 Å². The van der Waals surface area contributed by atoms with Gasteiger partial charge in [-0.05, 0) is 48.6 Å². The summed E-state index contributed by atoms with van der Waals surface area (Å²) in [5, 5.41) is 15.6. The molecule has 0 saturated carbocycles. The second-order valence-corrected chi connectivity index (χ2v) is 8.78. The smallest absolute Gasteiger partial charge is 0.328 e. The fourth-order valence-corrected chi connectivity index (χ4v) is 4.36. The van der Waals surface area contributed by atoms with Crippen LogP contribution in [0, 0.1) is 0 Å². The maximum Gasteiger partial charge on any atom is 0.328 e. The highest BCUT2D eigenvalue weighted by molar-refractivity contribution is 6.23. The topological polar surface area (TPSA) is 93.4 Å². The minimum atomic E-state index is -1.26. The number of aryl methyl sites for hydroxylation is 1. The second-order valence-electron chi connectivity index (χ2n) is 8.78. The van der Waals surface area contributed by atoms with Crippen LogP contribution in [0.5, 0.6) is 0 Å². The third-order valence-corrected chi connectivity index (χ3v) is 6.21. The predicted octanol–water partition coefficient (Wildman–Crippen LogP) is 4.66. The molecular formula is C29H35N3O4. The number of benzene rings is 2. The standard InChI is InChI=1S/C25H31N3.C4H4O4/c1-3-14-27-15-17-28(18-16-27)25-23(21-8-6-5-7-9-21)12-11-22-19-20(4-2)10-13-24(22)26-25;5-3(6)1-2-4(7)8/h5-10,12-13,19H,3-4,11,14-18H2,1-2H3;1-2H,(H,5,6)(H,7,8)/b;2-1+. The van der Waals surface area contributed by atoms with Gasteiger partial charge < -0.3 is 15.1 Å². The molecule has 2 aliphatic heterocycles. The highest BCUT2D eigenvalue weighted by Crippen LogP contribution is 2.31. The zero-order chi connectivity index (χ0) is 25.9. The summed E-state index contributed by atoms with van der Waals surface area (Å²) >= 11 is 0. The van der Waals surface area contributed by atoms with Gasteiger partial charge in [0.05, 0.1) is 5.69 Å². The number of allylic oxidation sites excluding steroid dienone is 1. The third-order valence-electron chi connectivity index (χ3n) is 6.21. The summed E-state index contributed by atoms with van der Waals surface area (Å²) in [7, 11) is 0. The minimum Gasteiger partial charge on any atom is -0.478 e. The first-order chi connectivity index (χ1) is 17.4. The molecule has 190 valence electrons. The van der Waals surface area contributed by atoms with Gasteiger partial charge in [-0.3, -0.25) is 4.90 Å². The second kappa shape index (κ2) is 13.4. The van der Waals surface area contributed by atoms with Crippen LogP contribution in [0.3, 0.4) is 0 Å². The lowest BCUT2D eigenvalue weighted by atomic mass is 10.0. The molecule has 0 aliphatic carbocycles. The minimum absolute atomic E-state index is 0.558. The van der Waals surface area contributed by atoms with Gasteiger partial charge in [-0.15, -0.1) is 0 Å². The maximum atomic E-state index is 9.55. The molecule has 0 amide bonds. The molecule has 1 fully saturated rings. The van der Waals surface area contributed by atoms with Crippen molar-refractivity contribution in [2.45, 2.75) is 33.1 Å². The third kappa shape index (κ3) is 7.65. The van der Waals surface area contributed by atoms with E-state index >= 15 is 0 Å². The lowest BCUT2D eigenvalue weighted by Gasteiger charge is -2.37. The first-order valence-electron chi connectivity index (χ1n) is 12.5. The first-order valence-corrected chi connectivity index (χ1v) is 12.5. The zero-order valence-corrected chi connectivity index (χ0v) is 21.1. The molecule has 2 N–H and O–H groups in total. The molecule has 0 bridgehead atoms. The summed E-state index contributed by atoms with van der Waals surface area (Å²) in [6, 6.07) is 17.5. The van der Waals surface area contributed by atoms with E-state index in [1.54, 1.807) is 0 Å². The number of aliphatic carboxylic acids is 2. The SMILES string of the molecule is CCCN1CCN(C2=Nc3ccc(CC)cc3CC=C2c2ccccc2)CC1.O=C(O)/C=C/C(=O)O. The Morgan fingerprint density at radius 3 is 2.19 bits per heavy atom. The molecule has 0 radical (unpaired) electrons. The number of aliphatic imine (C=N–C) groups is 1. The molecule has 2 aliphatic rings. The summed E-state index contributed by atoms with van der Waals surface area (Å²) < 4.78 is 0. The molecule has 0 aromatic heterocycles. The Labute approximate surface area is 213 Å². The molecule has 0 spiro atoms. The van der Waals surface area contributed by atoms with Gasteiger partial charge >= 0.3 is 11.9 Å². The summed E-state index contributed by atoms with van der Waals surface area (Å²) in [5.41, 5.74) is 6.40. The van der Waals surface area contributed by atoms with E-state index in [4.69, 9.17) is 15.2 Å². The number of hydrogen-bond donors (Lipinski definition) is 2. The van der Waals surface area contributed by atoms with E-state index in [-0.39, 0.29) is 0 Å². The van der Waals surface area contributed by atoms with Gasteiger partial charge in [0.2, 0.25) is 0 Å². The first kappa shape index (κ1) is 26.9. The number of hydrogen-bond acceptors (Lipinski definition) is 5. The fourth-order valence-electron chi connectivity index (χ4n) is 4.36. The number of piperazine rings is 1. The highest BCUT2D eigenvalue weighted by Gasteiger charge is 2.24. The number of carbonyl (C=O) groups is 2. The van der Waals surface area contributed by atoms with Crippen molar-refractivity contribution in [1.29, 1.82) is 0 Å². The summed E-state index contributed by atoms with van der Waals surface area (Å²) in [6.45, 7) is 10.0. The van der Waals surface area contributed by atoms with Crippen LogP contribution in [0.15, 0.2) is 71.8 Å². The molecule has 36 heavy (non-hydrogen) atoms. The van der Waals surface area contributed by atoms with E-state index in [9.17, 15) is 9.59 Å². The predicted molar refractivity (Wildman–Crippen MR) is 144 cm³/mol. The molecule has 2 aromatic carbocycles. The van der Waals surface area contributed by atoms with Crippen LogP contribution < -0.4 is 0 Å². The normalized spacial score (nSPS) is 15.8. The Balaban J connectivity index is 0.000000392. The Kier molecular flexibility index (Phi) is 10.0. The fraction of sp³-hybridized carbons (Fsp3) is 0.345. The lowest BCUT2D eigenvalue weighted by molar-refractivity contribution is -0.134. The van der Waals surface area contributed by atoms with E-state index in [0.717, 1.165) is 50.5 Å². The van der Waals surface area contributed by atoms with Crippen LogP contribution >= 0.6 is 0 Å². The van der Waals surface area contributed by atoms with E-state index < -0.39 is 11.9 Å². The molecular weight excluding hydrogens is 454 g/mol. The molecule has 7 nitrogen and oxygen atoms in total. The van der Waals surface area contributed by atoms with Crippen molar-refractivity contribution in [3.8, 4) is 0 Å². The number of amidine groups is 1. The van der Waals surface area contributed by atoms with Crippen molar-refractivity contribution < 1.29 is 19.8 Å². The average Bonchev–Trinajstić information content (AvgIpc) is 3.08. The van der Waals surface area contributed by atoms with Crippen LogP contribution in [0.25, 0.3) is 5.57 Å². The highest BCUT2D eigenvalue weighted by atomic mass is 16.4. The Morgan fingerprint density at radius 1 is 0.944 bits per heavy atom. The molecule has 2 heterocycles. The molecule has 0 unspecified atom stereocenters. The van der Waals surface area contributed by atoms with E-state index in [1.165, 1.54) is 35.2 Å². The maximum absolute atomic E-state index is 9.55. The number of carboxylic acid groups (broad SMARTS) is 2. The van der Waals surface area contributed by atoms with Crippen molar-refractivity contribution in [3.63, 3.8) is 0 Å². The number of rotatable bonds is 6. The number of carboxylic acids is 2. The van der Waals surface area contributed by atoms with Crippen molar-refractivity contribution in [2.24, 2.45) is 4.99 Å². The van der Waals surface area contributed by atoms with Gasteiger partial charge in [0.25, 0.3) is 0 Å². The van der Waals surface area contributed by atoms with Gasteiger partial charge in [-0.25, -0.2) is 14.6 Å². The largest absolute Gasteiger partial charge is 0.478 e. The van der Waals surface area contributed by atoms with Gasteiger partial charge in [0.15, 0.2) is 0 Å². The van der Waals surface area contributed by atoms with Crippen LogP contribution in [-0.4, -0.2) is 70.5 Å². The Bertz CT molecular complexity index is 1110. The molecule has 2 aromatic rings. The molecule has 1 saturated heterocycles. The molecule has 4 rings (SSSR count). The molecule has 0 atom stereocenters.